The highest BCUT2D eigenvalue weighted by atomic mass is 16.3. The monoisotopic (exact) mass is 213 g/mol. The SMILES string of the molecule is CC1CC1C(O)c1cncc2ccccc12. The van der Waals surface area contributed by atoms with E-state index in [2.05, 4.69) is 18.0 Å². The standard InChI is InChI=1S/C14H15NO/c1-9-6-12(9)14(16)13-8-15-7-10-4-2-3-5-11(10)13/h2-5,7-9,12,14,16H,6H2,1H3. The average molecular weight is 213 g/mol. The number of aliphatic hydroxyl groups is 1. The van der Waals surface area contributed by atoms with Crippen LogP contribution in [0.25, 0.3) is 10.8 Å². The number of hydrogen-bond acceptors (Lipinski definition) is 2. The van der Waals surface area contributed by atoms with Crippen molar-refractivity contribution in [2.45, 2.75) is 19.4 Å². The predicted octanol–water partition coefficient (Wildman–Crippen LogP) is 2.92. The van der Waals surface area contributed by atoms with E-state index in [1.165, 1.54) is 0 Å². The first-order valence-corrected chi connectivity index (χ1v) is 5.78. The Morgan fingerprint density at radius 1 is 1.31 bits per heavy atom. The van der Waals surface area contributed by atoms with E-state index >= 15 is 0 Å². The zero-order valence-corrected chi connectivity index (χ0v) is 9.30. The summed E-state index contributed by atoms with van der Waals surface area (Å²) in [6.07, 6.45) is 4.43. The molecule has 1 aromatic carbocycles. The van der Waals surface area contributed by atoms with Crippen molar-refractivity contribution < 1.29 is 5.11 Å². The van der Waals surface area contributed by atoms with Crippen molar-refractivity contribution in [2.24, 2.45) is 11.8 Å². The number of nitrogens with zero attached hydrogens (tertiary/aromatic N) is 1. The van der Waals surface area contributed by atoms with Gasteiger partial charge in [-0.3, -0.25) is 4.98 Å². The second-order valence-corrected chi connectivity index (χ2v) is 4.77. The molecule has 1 aliphatic carbocycles. The highest BCUT2D eigenvalue weighted by Crippen LogP contribution is 2.47. The molecule has 3 rings (SSSR count). The van der Waals surface area contributed by atoms with E-state index in [-0.39, 0.29) is 6.10 Å². The molecular formula is C14H15NO. The van der Waals surface area contributed by atoms with E-state index < -0.39 is 0 Å². The summed E-state index contributed by atoms with van der Waals surface area (Å²) in [5, 5.41) is 12.5. The molecule has 0 spiro atoms. The maximum Gasteiger partial charge on any atom is 0.0841 e. The number of rotatable bonds is 2. The van der Waals surface area contributed by atoms with Crippen LogP contribution in [0.4, 0.5) is 0 Å². The van der Waals surface area contributed by atoms with Gasteiger partial charge in [0, 0.05) is 23.3 Å². The van der Waals surface area contributed by atoms with Crippen molar-refractivity contribution in [1.82, 2.24) is 4.98 Å². The Balaban J connectivity index is 2.09. The molecule has 3 atom stereocenters. The van der Waals surface area contributed by atoms with E-state index in [1.807, 2.05) is 24.4 Å². The van der Waals surface area contributed by atoms with Crippen LogP contribution in [-0.4, -0.2) is 10.1 Å². The Kier molecular flexibility index (Phi) is 2.18. The summed E-state index contributed by atoms with van der Waals surface area (Å²) in [4.78, 5) is 4.21. The minimum atomic E-state index is -0.353. The Labute approximate surface area is 94.9 Å². The van der Waals surface area contributed by atoms with E-state index in [0.29, 0.717) is 11.8 Å². The first kappa shape index (κ1) is 9.79. The molecule has 1 aromatic heterocycles. The molecule has 0 radical (unpaired) electrons. The van der Waals surface area contributed by atoms with E-state index in [9.17, 15) is 5.11 Å². The van der Waals surface area contributed by atoms with E-state index in [1.54, 1.807) is 6.20 Å². The van der Waals surface area contributed by atoms with Gasteiger partial charge in [0.2, 0.25) is 0 Å². The van der Waals surface area contributed by atoms with Gasteiger partial charge in [0.25, 0.3) is 0 Å². The van der Waals surface area contributed by atoms with Crippen LogP contribution in [0.1, 0.15) is 25.0 Å². The summed E-state index contributed by atoms with van der Waals surface area (Å²) in [7, 11) is 0. The molecule has 16 heavy (non-hydrogen) atoms. The Morgan fingerprint density at radius 3 is 2.81 bits per heavy atom. The Hall–Kier alpha value is -1.41. The quantitative estimate of drug-likeness (QED) is 0.832. The van der Waals surface area contributed by atoms with Gasteiger partial charge in [-0.2, -0.15) is 0 Å². The van der Waals surface area contributed by atoms with Crippen LogP contribution in [0.15, 0.2) is 36.7 Å². The fourth-order valence-electron chi connectivity index (χ4n) is 2.40. The molecule has 0 bridgehead atoms. The third-order valence-electron chi connectivity index (χ3n) is 3.59. The molecular weight excluding hydrogens is 198 g/mol. The average Bonchev–Trinajstić information content (AvgIpc) is 3.05. The first-order valence-electron chi connectivity index (χ1n) is 5.78. The largest absolute Gasteiger partial charge is 0.388 e. The van der Waals surface area contributed by atoms with Crippen molar-refractivity contribution in [3.05, 3.63) is 42.2 Å². The lowest BCUT2D eigenvalue weighted by Gasteiger charge is -2.12. The molecule has 0 aliphatic heterocycles. The van der Waals surface area contributed by atoms with Gasteiger partial charge in [-0.1, -0.05) is 31.2 Å². The van der Waals surface area contributed by atoms with Crippen LogP contribution in [0, 0.1) is 11.8 Å². The van der Waals surface area contributed by atoms with Crippen molar-refractivity contribution in [3.63, 3.8) is 0 Å². The lowest BCUT2D eigenvalue weighted by atomic mass is 10.00. The van der Waals surface area contributed by atoms with Gasteiger partial charge >= 0.3 is 0 Å². The fraction of sp³-hybridized carbons (Fsp3) is 0.357. The van der Waals surface area contributed by atoms with Gasteiger partial charge in [-0.25, -0.2) is 0 Å². The molecule has 1 saturated carbocycles. The Bertz CT molecular complexity index is 518. The van der Waals surface area contributed by atoms with Crippen molar-refractivity contribution in [3.8, 4) is 0 Å². The van der Waals surface area contributed by atoms with E-state index in [4.69, 9.17) is 0 Å². The molecule has 82 valence electrons. The van der Waals surface area contributed by atoms with Gasteiger partial charge in [0.05, 0.1) is 6.10 Å². The molecule has 3 unspecified atom stereocenters. The van der Waals surface area contributed by atoms with Crippen LogP contribution in [0.5, 0.6) is 0 Å². The minimum absolute atomic E-state index is 0.353. The normalized spacial score (nSPS) is 25.6. The van der Waals surface area contributed by atoms with Gasteiger partial charge in [-0.15, -0.1) is 0 Å². The molecule has 0 amide bonds. The van der Waals surface area contributed by atoms with Crippen LogP contribution in [-0.2, 0) is 0 Å². The summed E-state index contributed by atoms with van der Waals surface area (Å²) >= 11 is 0. The number of benzene rings is 1. The minimum Gasteiger partial charge on any atom is -0.388 e. The van der Waals surface area contributed by atoms with Crippen LogP contribution in [0.3, 0.4) is 0 Å². The number of fused-ring (bicyclic) bond motifs is 1. The Morgan fingerprint density at radius 2 is 2.06 bits per heavy atom. The van der Waals surface area contributed by atoms with E-state index in [0.717, 1.165) is 22.8 Å². The molecule has 1 aliphatic rings. The number of aromatic nitrogens is 1. The molecule has 2 aromatic rings. The lowest BCUT2D eigenvalue weighted by molar-refractivity contribution is 0.149. The summed E-state index contributed by atoms with van der Waals surface area (Å²) in [6.45, 7) is 2.19. The number of hydrogen-bond donors (Lipinski definition) is 1. The second kappa shape index (κ2) is 3.56. The maximum atomic E-state index is 10.3. The third kappa shape index (κ3) is 1.50. The summed E-state index contributed by atoms with van der Waals surface area (Å²) in [5.74, 6) is 1.07. The third-order valence-corrected chi connectivity index (χ3v) is 3.59. The zero-order valence-electron chi connectivity index (χ0n) is 9.30. The van der Waals surface area contributed by atoms with Crippen molar-refractivity contribution in [1.29, 1.82) is 0 Å². The molecule has 1 N–H and O–H groups in total. The van der Waals surface area contributed by atoms with Gasteiger partial charge < -0.3 is 5.11 Å². The maximum absolute atomic E-state index is 10.3. The molecule has 0 saturated heterocycles. The van der Waals surface area contributed by atoms with Crippen LogP contribution >= 0.6 is 0 Å². The van der Waals surface area contributed by atoms with Crippen LogP contribution in [0.2, 0.25) is 0 Å². The molecule has 1 heterocycles. The number of pyridine rings is 1. The second-order valence-electron chi connectivity index (χ2n) is 4.77. The topological polar surface area (TPSA) is 33.1 Å². The van der Waals surface area contributed by atoms with Gasteiger partial charge in [0.15, 0.2) is 0 Å². The number of aliphatic hydroxyl groups excluding tert-OH is 1. The molecule has 1 fully saturated rings. The van der Waals surface area contributed by atoms with Crippen molar-refractivity contribution in [2.75, 3.05) is 0 Å². The summed E-state index contributed by atoms with van der Waals surface area (Å²) in [5.41, 5.74) is 0.979. The van der Waals surface area contributed by atoms with Crippen molar-refractivity contribution >= 4 is 10.8 Å². The highest BCUT2D eigenvalue weighted by Gasteiger charge is 2.39. The van der Waals surface area contributed by atoms with Gasteiger partial charge in [0.1, 0.15) is 0 Å². The lowest BCUT2D eigenvalue weighted by Crippen LogP contribution is -2.02. The summed E-state index contributed by atoms with van der Waals surface area (Å²) in [6, 6.07) is 8.10. The molecule has 2 nitrogen and oxygen atoms in total. The summed E-state index contributed by atoms with van der Waals surface area (Å²) < 4.78 is 0. The smallest absolute Gasteiger partial charge is 0.0841 e. The highest BCUT2D eigenvalue weighted by molar-refractivity contribution is 5.84. The van der Waals surface area contributed by atoms with Crippen LogP contribution < -0.4 is 0 Å². The zero-order chi connectivity index (χ0) is 11.1. The predicted molar refractivity (Wildman–Crippen MR) is 64.0 cm³/mol. The fourth-order valence-corrected chi connectivity index (χ4v) is 2.40. The first-order chi connectivity index (χ1) is 7.77. The van der Waals surface area contributed by atoms with Gasteiger partial charge in [-0.05, 0) is 23.6 Å². The molecule has 2 heteroatoms.